The van der Waals surface area contributed by atoms with Crippen molar-refractivity contribution in [2.24, 2.45) is 5.41 Å². The first-order chi connectivity index (χ1) is 9.11. The molecule has 8 heteroatoms. The molecular formula is C12H21N3O4S. The van der Waals surface area contributed by atoms with Crippen molar-refractivity contribution in [3.8, 4) is 0 Å². The van der Waals surface area contributed by atoms with Gasteiger partial charge in [-0.1, -0.05) is 20.8 Å². The summed E-state index contributed by atoms with van der Waals surface area (Å²) < 4.78 is 33.1. The van der Waals surface area contributed by atoms with Gasteiger partial charge in [-0.3, -0.25) is 9.48 Å². The zero-order valence-electron chi connectivity index (χ0n) is 12.4. The molecule has 1 rings (SSSR count). The van der Waals surface area contributed by atoms with Crippen molar-refractivity contribution >= 4 is 16.0 Å². The summed E-state index contributed by atoms with van der Waals surface area (Å²) in [5.74, 6) is -0.621. The summed E-state index contributed by atoms with van der Waals surface area (Å²) >= 11 is 0. The number of ether oxygens (including phenoxy) is 1. The Hall–Kier alpha value is -1.41. The lowest BCUT2D eigenvalue weighted by molar-refractivity contribution is -0.145. The molecule has 1 aromatic heterocycles. The lowest BCUT2D eigenvalue weighted by atomic mass is 9.87. The predicted octanol–water partition coefficient (Wildman–Crippen LogP) is 0.769. The van der Waals surface area contributed by atoms with Crippen molar-refractivity contribution in [2.45, 2.75) is 45.2 Å². The fourth-order valence-electron chi connectivity index (χ4n) is 1.58. The molecule has 0 amide bonds. The maximum Gasteiger partial charge on any atom is 0.324 e. The molecule has 0 saturated heterocycles. The molecule has 0 aromatic carbocycles. The molecule has 20 heavy (non-hydrogen) atoms. The number of sulfonamides is 1. The number of rotatable bonds is 5. The van der Waals surface area contributed by atoms with E-state index in [-0.39, 0.29) is 4.90 Å². The Labute approximate surface area is 119 Å². The first-order valence-electron chi connectivity index (χ1n) is 6.24. The number of hydrogen-bond acceptors (Lipinski definition) is 5. The second kappa shape index (κ2) is 5.92. The van der Waals surface area contributed by atoms with E-state index in [4.69, 9.17) is 0 Å². The zero-order valence-corrected chi connectivity index (χ0v) is 13.2. The maximum atomic E-state index is 12.3. The van der Waals surface area contributed by atoms with Gasteiger partial charge in [0.25, 0.3) is 0 Å². The Balaban J connectivity index is 3.06. The third-order valence-electron chi connectivity index (χ3n) is 2.82. The quantitative estimate of drug-likeness (QED) is 0.811. The predicted molar refractivity (Wildman–Crippen MR) is 73.5 cm³/mol. The molecule has 0 aliphatic carbocycles. The molecule has 1 atom stereocenters. The van der Waals surface area contributed by atoms with Gasteiger partial charge in [0.05, 0.1) is 13.3 Å². The van der Waals surface area contributed by atoms with Crippen LogP contribution in [0.2, 0.25) is 0 Å². The fraction of sp³-hybridized carbons (Fsp3) is 0.667. The lowest BCUT2D eigenvalue weighted by Gasteiger charge is -2.28. The maximum absolute atomic E-state index is 12.3. The summed E-state index contributed by atoms with van der Waals surface area (Å²) in [7, 11) is -2.59. The number of aryl methyl sites for hydroxylation is 1. The first-order valence-corrected chi connectivity index (χ1v) is 7.72. The molecule has 1 N–H and O–H groups in total. The van der Waals surface area contributed by atoms with Crippen molar-refractivity contribution in [3.05, 3.63) is 12.4 Å². The minimum Gasteiger partial charge on any atom is -0.468 e. The van der Waals surface area contributed by atoms with Gasteiger partial charge in [-0.05, 0) is 12.3 Å². The average molecular weight is 303 g/mol. The van der Waals surface area contributed by atoms with Gasteiger partial charge in [0.1, 0.15) is 10.9 Å². The van der Waals surface area contributed by atoms with Gasteiger partial charge in [0, 0.05) is 12.7 Å². The second-order valence-electron chi connectivity index (χ2n) is 5.48. The number of esters is 1. The molecule has 7 nitrogen and oxygen atoms in total. The van der Waals surface area contributed by atoms with Gasteiger partial charge in [0.2, 0.25) is 10.0 Å². The zero-order chi connectivity index (χ0) is 15.6. The second-order valence-corrected chi connectivity index (χ2v) is 7.19. The molecule has 114 valence electrons. The van der Waals surface area contributed by atoms with Crippen LogP contribution in [0.5, 0.6) is 0 Å². The largest absolute Gasteiger partial charge is 0.468 e. The monoisotopic (exact) mass is 303 g/mol. The van der Waals surface area contributed by atoms with Crippen LogP contribution in [-0.2, 0) is 26.1 Å². The minimum atomic E-state index is -3.82. The molecule has 0 aliphatic heterocycles. The number of carbonyl (C=O) groups is 1. The Bertz CT molecular complexity index is 572. The van der Waals surface area contributed by atoms with E-state index in [1.165, 1.54) is 24.2 Å². The standard InChI is InChI=1S/C12H21N3O4S/c1-6-15-8-9(7-13-15)20(17,18)14-10(11(16)19-5)12(2,3)4/h7-8,10,14H,6H2,1-5H3. The van der Waals surface area contributed by atoms with Crippen LogP contribution >= 0.6 is 0 Å². The summed E-state index contributed by atoms with van der Waals surface area (Å²) in [6, 6.07) is -0.970. The normalized spacial score (nSPS) is 14.1. The van der Waals surface area contributed by atoms with Gasteiger partial charge in [-0.25, -0.2) is 8.42 Å². The molecule has 0 fully saturated rings. The van der Waals surface area contributed by atoms with E-state index in [1.54, 1.807) is 20.8 Å². The van der Waals surface area contributed by atoms with E-state index in [9.17, 15) is 13.2 Å². The van der Waals surface area contributed by atoms with E-state index >= 15 is 0 Å². The highest BCUT2D eigenvalue weighted by atomic mass is 32.2. The third kappa shape index (κ3) is 3.80. The van der Waals surface area contributed by atoms with Gasteiger partial charge < -0.3 is 4.74 Å². The van der Waals surface area contributed by atoms with E-state index in [0.29, 0.717) is 6.54 Å². The molecule has 0 radical (unpaired) electrons. The van der Waals surface area contributed by atoms with Crippen LogP contribution in [0.4, 0.5) is 0 Å². The lowest BCUT2D eigenvalue weighted by Crippen LogP contribution is -2.49. The Morgan fingerprint density at radius 3 is 2.50 bits per heavy atom. The summed E-state index contributed by atoms with van der Waals surface area (Å²) in [4.78, 5) is 11.8. The van der Waals surface area contributed by atoms with Gasteiger partial charge in [-0.2, -0.15) is 9.82 Å². The van der Waals surface area contributed by atoms with Crippen LogP contribution in [0.1, 0.15) is 27.7 Å². The molecule has 0 saturated carbocycles. The average Bonchev–Trinajstić information content (AvgIpc) is 2.83. The molecule has 1 aromatic rings. The van der Waals surface area contributed by atoms with Gasteiger partial charge in [-0.15, -0.1) is 0 Å². The molecule has 0 bridgehead atoms. The molecular weight excluding hydrogens is 282 g/mol. The van der Waals surface area contributed by atoms with Crippen molar-refractivity contribution in [2.75, 3.05) is 7.11 Å². The summed E-state index contributed by atoms with van der Waals surface area (Å²) in [6.07, 6.45) is 2.67. The van der Waals surface area contributed by atoms with Crippen LogP contribution in [0, 0.1) is 5.41 Å². The van der Waals surface area contributed by atoms with E-state index in [1.807, 2.05) is 6.92 Å². The number of aromatic nitrogens is 2. The Kier molecular flexibility index (Phi) is 4.93. The van der Waals surface area contributed by atoms with E-state index in [0.717, 1.165) is 0 Å². The minimum absolute atomic E-state index is 0.0255. The van der Waals surface area contributed by atoms with E-state index < -0.39 is 27.4 Å². The topological polar surface area (TPSA) is 90.3 Å². The first kappa shape index (κ1) is 16.6. The number of methoxy groups -OCH3 is 1. The highest BCUT2D eigenvalue weighted by Gasteiger charge is 2.36. The molecule has 1 heterocycles. The fourth-order valence-corrected chi connectivity index (χ4v) is 2.92. The molecule has 1 unspecified atom stereocenters. The third-order valence-corrected chi connectivity index (χ3v) is 4.20. The SMILES string of the molecule is CCn1cc(S(=O)(=O)NC(C(=O)OC)C(C)(C)C)cn1. The molecule has 0 spiro atoms. The highest BCUT2D eigenvalue weighted by Crippen LogP contribution is 2.22. The number of carbonyl (C=O) groups excluding carboxylic acids is 1. The van der Waals surface area contributed by atoms with Crippen LogP contribution in [0.25, 0.3) is 0 Å². The van der Waals surface area contributed by atoms with Gasteiger partial charge >= 0.3 is 5.97 Å². The number of hydrogen-bond donors (Lipinski definition) is 1. The van der Waals surface area contributed by atoms with Crippen LogP contribution in [0.15, 0.2) is 17.3 Å². The Morgan fingerprint density at radius 1 is 1.50 bits per heavy atom. The van der Waals surface area contributed by atoms with E-state index in [2.05, 4.69) is 14.6 Å². The highest BCUT2D eigenvalue weighted by molar-refractivity contribution is 7.89. The summed E-state index contributed by atoms with van der Waals surface area (Å²) in [6.45, 7) is 7.68. The van der Waals surface area contributed by atoms with Crippen molar-refractivity contribution in [3.63, 3.8) is 0 Å². The van der Waals surface area contributed by atoms with Crippen molar-refractivity contribution in [1.82, 2.24) is 14.5 Å². The summed E-state index contributed by atoms with van der Waals surface area (Å²) in [5.41, 5.74) is -0.610. The number of nitrogens with zero attached hydrogens (tertiary/aromatic N) is 2. The summed E-state index contributed by atoms with van der Waals surface area (Å²) in [5, 5.41) is 3.92. The van der Waals surface area contributed by atoms with Crippen LogP contribution < -0.4 is 4.72 Å². The van der Waals surface area contributed by atoms with Crippen LogP contribution in [-0.4, -0.2) is 37.3 Å². The molecule has 0 aliphatic rings. The van der Waals surface area contributed by atoms with Crippen LogP contribution in [0.3, 0.4) is 0 Å². The smallest absolute Gasteiger partial charge is 0.324 e. The van der Waals surface area contributed by atoms with Gasteiger partial charge in [0.15, 0.2) is 0 Å². The number of nitrogens with one attached hydrogen (secondary N) is 1. The van der Waals surface area contributed by atoms with Crippen molar-refractivity contribution in [1.29, 1.82) is 0 Å². The van der Waals surface area contributed by atoms with Crippen molar-refractivity contribution < 1.29 is 17.9 Å². The Morgan fingerprint density at radius 2 is 2.10 bits per heavy atom.